The van der Waals surface area contributed by atoms with E-state index in [2.05, 4.69) is 11.3 Å². The van der Waals surface area contributed by atoms with Gasteiger partial charge in [-0.05, 0) is 25.5 Å². The fourth-order valence-corrected chi connectivity index (χ4v) is 3.03. The highest BCUT2D eigenvalue weighted by Gasteiger charge is 2.25. The molecule has 0 saturated heterocycles. The number of carbonyl (C=O) groups excluding carboxylic acids is 1. The van der Waals surface area contributed by atoms with Gasteiger partial charge >= 0.3 is 5.97 Å². The van der Waals surface area contributed by atoms with Crippen LogP contribution in [0.2, 0.25) is 0 Å². The van der Waals surface area contributed by atoms with Crippen LogP contribution in [0.1, 0.15) is 12.0 Å². The van der Waals surface area contributed by atoms with Crippen LogP contribution in [0.3, 0.4) is 0 Å². The van der Waals surface area contributed by atoms with Gasteiger partial charge in [0.05, 0.1) is 12.8 Å². The van der Waals surface area contributed by atoms with E-state index in [0.29, 0.717) is 12.1 Å². The Morgan fingerprint density at radius 3 is 2.45 bits per heavy atom. The summed E-state index contributed by atoms with van der Waals surface area (Å²) in [5.41, 5.74) is 1.56. The Labute approximate surface area is 119 Å². The highest BCUT2D eigenvalue weighted by molar-refractivity contribution is 7.93. The summed E-state index contributed by atoms with van der Waals surface area (Å²) in [6.07, 6.45) is 2.13. The fourth-order valence-electron chi connectivity index (χ4n) is 1.63. The van der Waals surface area contributed by atoms with Gasteiger partial charge in [0.2, 0.25) is 10.0 Å². The monoisotopic (exact) mass is 297 g/mol. The van der Waals surface area contributed by atoms with E-state index < -0.39 is 21.7 Å². The minimum absolute atomic E-state index is 0.242. The number of methoxy groups -OCH3 is 1. The summed E-state index contributed by atoms with van der Waals surface area (Å²) in [4.78, 5) is 11.2. The molecule has 1 aromatic carbocycles. The maximum atomic E-state index is 12.3. The first-order chi connectivity index (χ1) is 9.40. The molecule has 0 fully saturated rings. The van der Waals surface area contributed by atoms with Gasteiger partial charge in [0.25, 0.3) is 0 Å². The van der Waals surface area contributed by atoms with Crippen molar-refractivity contribution in [3.05, 3.63) is 42.5 Å². The van der Waals surface area contributed by atoms with Gasteiger partial charge in [-0.15, -0.1) is 6.58 Å². The number of rotatable bonds is 7. The summed E-state index contributed by atoms with van der Waals surface area (Å²) in [6, 6.07) is 7.08. The van der Waals surface area contributed by atoms with E-state index >= 15 is 0 Å². The molecule has 6 heteroatoms. The zero-order chi connectivity index (χ0) is 15.2. The van der Waals surface area contributed by atoms with Gasteiger partial charge < -0.3 is 4.74 Å². The van der Waals surface area contributed by atoms with E-state index in [4.69, 9.17) is 0 Å². The number of nitrogens with zero attached hydrogens (tertiary/aromatic N) is 1. The molecule has 1 aromatic rings. The van der Waals surface area contributed by atoms with Crippen LogP contribution >= 0.6 is 0 Å². The first kappa shape index (κ1) is 16.2. The average molecular weight is 297 g/mol. The van der Waals surface area contributed by atoms with Crippen molar-refractivity contribution in [2.75, 3.05) is 23.7 Å². The highest BCUT2D eigenvalue weighted by Crippen LogP contribution is 2.19. The number of ether oxygens (including phenoxy) is 1. The molecule has 0 unspecified atom stereocenters. The molecular weight excluding hydrogens is 278 g/mol. The molecule has 0 spiro atoms. The van der Waals surface area contributed by atoms with Crippen LogP contribution in [0.4, 0.5) is 5.69 Å². The summed E-state index contributed by atoms with van der Waals surface area (Å²) in [7, 11) is -2.60. The minimum Gasteiger partial charge on any atom is -0.468 e. The predicted octanol–water partition coefficient (Wildman–Crippen LogP) is 1.88. The van der Waals surface area contributed by atoms with Crippen LogP contribution in [0, 0.1) is 6.92 Å². The van der Waals surface area contributed by atoms with E-state index in [1.165, 1.54) is 4.31 Å². The zero-order valence-corrected chi connectivity index (χ0v) is 12.5. The molecule has 0 atom stereocenters. The van der Waals surface area contributed by atoms with Crippen LogP contribution in [-0.4, -0.2) is 33.8 Å². The number of hydrogen-bond acceptors (Lipinski definition) is 4. The molecule has 20 heavy (non-hydrogen) atoms. The number of aryl methyl sites for hydroxylation is 1. The minimum atomic E-state index is -3.76. The van der Waals surface area contributed by atoms with Crippen molar-refractivity contribution in [2.24, 2.45) is 0 Å². The molecule has 0 aliphatic carbocycles. The number of anilines is 1. The third-order valence-electron chi connectivity index (χ3n) is 2.72. The van der Waals surface area contributed by atoms with E-state index in [-0.39, 0.29) is 6.54 Å². The second-order valence-electron chi connectivity index (χ2n) is 4.32. The third-order valence-corrected chi connectivity index (χ3v) is 4.39. The largest absolute Gasteiger partial charge is 0.468 e. The van der Waals surface area contributed by atoms with E-state index in [1.54, 1.807) is 18.2 Å². The van der Waals surface area contributed by atoms with E-state index in [1.807, 2.05) is 19.1 Å². The second kappa shape index (κ2) is 7.09. The first-order valence-electron chi connectivity index (χ1n) is 6.15. The Balaban J connectivity index is 3.08. The lowest BCUT2D eigenvalue weighted by Crippen LogP contribution is -2.36. The number of esters is 1. The summed E-state index contributed by atoms with van der Waals surface area (Å²) in [5, 5.41) is 0. The summed E-state index contributed by atoms with van der Waals surface area (Å²) in [5.74, 6) is -1.45. The van der Waals surface area contributed by atoms with Crippen LogP contribution in [-0.2, 0) is 19.6 Å². The molecular formula is C14H19NO4S. The first-order valence-corrected chi connectivity index (χ1v) is 7.76. The van der Waals surface area contributed by atoms with Gasteiger partial charge in [0.15, 0.2) is 5.75 Å². The van der Waals surface area contributed by atoms with Crippen molar-refractivity contribution in [3.63, 3.8) is 0 Å². The molecule has 0 aliphatic heterocycles. The Hall–Kier alpha value is -1.82. The molecule has 5 nitrogen and oxygen atoms in total. The molecule has 0 aliphatic rings. The van der Waals surface area contributed by atoms with Crippen molar-refractivity contribution in [3.8, 4) is 0 Å². The van der Waals surface area contributed by atoms with Crippen molar-refractivity contribution in [1.82, 2.24) is 0 Å². The SMILES string of the molecule is C=CCCN(c1ccc(C)cc1)S(=O)(=O)CC(=O)OC. The standard InChI is InChI=1S/C14H19NO4S/c1-4-5-10-15(13-8-6-12(2)7-9-13)20(17,18)11-14(16)19-3/h4,6-9H,1,5,10-11H2,2-3H3. The molecule has 0 amide bonds. The predicted molar refractivity (Wildman–Crippen MR) is 79.1 cm³/mol. The van der Waals surface area contributed by atoms with Gasteiger partial charge in [-0.1, -0.05) is 23.8 Å². The Bertz CT molecular complexity index is 563. The molecule has 0 bridgehead atoms. The Morgan fingerprint density at radius 2 is 1.95 bits per heavy atom. The van der Waals surface area contributed by atoms with Gasteiger partial charge in [0.1, 0.15) is 0 Å². The van der Waals surface area contributed by atoms with Crippen LogP contribution < -0.4 is 4.31 Å². The lowest BCUT2D eigenvalue weighted by Gasteiger charge is -2.23. The molecule has 0 N–H and O–H groups in total. The normalized spacial score (nSPS) is 10.9. The zero-order valence-electron chi connectivity index (χ0n) is 11.7. The van der Waals surface area contributed by atoms with E-state index in [9.17, 15) is 13.2 Å². The van der Waals surface area contributed by atoms with Crippen LogP contribution in [0.5, 0.6) is 0 Å². The lowest BCUT2D eigenvalue weighted by atomic mass is 10.2. The lowest BCUT2D eigenvalue weighted by molar-refractivity contribution is -0.137. The molecule has 110 valence electrons. The summed E-state index contributed by atoms with van der Waals surface area (Å²) < 4.78 is 30.2. The van der Waals surface area contributed by atoms with Gasteiger partial charge in [-0.25, -0.2) is 8.42 Å². The quantitative estimate of drug-likeness (QED) is 0.569. The maximum Gasteiger partial charge on any atom is 0.322 e. The molecule has 0 radical (unpaired) electrons. The summed E-state index contributed by atoms with van der Waals surface area (Å²) >= 11 is 0. The molecule has 1 rings (SSSR count). The van der Waals surface area contributed by atoms with Crippen molar-refractivity contribution < 1.29 is 17.9 Å². The van der Waals surface area contributed by atoms with Crippen molar-refractivity contribution >= 4 is 21.7 Å². The number of benzene rings is 1. The maximum absolute atomic E-state index is 12.3. The van der Waals surface area contributed by atoms with E-state index in [0.717, 1.165) is 12.7 Å². The Kier molecular flexibility index (Phi) is 5.76. The van der Waals surface area contributed by atoms with Gasteiger partial charge in [0, 0.05) is 6.54 Å². The molecule has 0 heterocycles. The highest BCUT2D eigenvalue weighted by atomic mass is 32.2. The Morgan fingerprint density at radius 1 is 1.35 bits per heavy atom. The topological polar surface area (TPSA) is 63.7 Å². The summed E-state index contributed by atoms with van der Waals surface area (Å²) in [6.45, 7) is 5.75. The number of hydrogen-bond donors (Lipinski definition) is 0. The third kappa shape index (κ3) is 4.38. The number of sulfonamides is 1. The fraction of sp³-hybridized carbons (Fsp3) is 0.357. The van der Waals surface area contributed by atoms with Crippen LogP contribution in [0.25, 0.3) is 0 Å². The number of carbonyl (C=O) groups is 1. The second-order valence-corrected chi connectivity index (χ2v) is 6.21. The van der Waals surface area contributed by atoms with Gasteiger partial charge in [-0.2, -0.15) is 0 Å². The smallest absolute Gasteiger partial charge is 0.322 e. The molecule has 0 aromatic heterocycles. The van der Waals surface area contributed by atoms with Crippen LogP contribution in [0.15, 0.2) is 36.9 Å². The average Bonchev–Trinajstić information content (AvgIpc) is 2.40. The van der Waals surface area contributed by atoms with Gasteiger partial charge in [-0.3, -0.25) is 9.10 Å². The van der Waals surface area contributed by atoms with Crippen molar-refractivity contribution in [1.29, 1.82) is 0 Å². The molecule has 0 saturated carbocycles. The van der Waals surface area contributed by atoms with Crippen molar-refractivity contribution in [2.45, 2.75) is 13.3 Å².